The van der Waals surface area contributed by atoms with E-state index in [0.29, 0.717) is 11.5 Å². The van der Waals surface area contributed by atoms with E-state index in [1.165, 1.54) is 0 Å². The predicted molar refractivity (Wildman–Crippen MR) is 65.9 cm³/mol. The van der Waals surface area contributed by atoms with Gasteiger partial charge < -0.3 is 5.32 Å². The number of thiocarbonyl (C=S) groups is 2. The maximum absolute atomic E-state index is 5.08. The van der Waals surface area contributed by atoms with Crippen molar-refractivity contribution >= 4 is 40.2 Å². The Kier molecular flexibility index (Phi) is 2.65. The molecule has 0 aliphatic carbocycles. The molecule has 0 bridgehead atoms. The molecule has 0 amide bonds. The number of benzene rings is 1. The quantitative estimate of drug-likeness (QED) is 0.733. The molecule has 0 saturated carbocycles. The Balaban J connectivity index is 2.35. The van der Waals surface area contributed by atoms with Gasteiger partial charge in [-0.15, -0.1) is 0 Å². The molecule has 2 nitrogen and oxygen atoms in total. The van der Waals surface area contributed by atoms with Gasteiger partial charge in [-0.05, 0) is 17.8 Å². The Bertz CT molecular complexity index is 409. The van der Waals surface area contributed by atoms with E-state index in [1.54, 1.807) is 0 Å². The van der Waals surface area contributed by atoms with Crippen LogP contribution in [0.2, 0.25) is 0 Å². The predicted octanol–water partition coefficient (Wildman–Crippen LogP) is 2.08. The summed E-state index contributed by atoms with van der Waals surface area (Å²) >= 11 is 10.1. The van der Waals surface area contributed by atoms with Crippen molar-refractivity contribution in [2.75, 3.05) is 0 Å². The van der Waals surface area contributed by atoms with Crippen LogP contribution in [0.25, 0.3) is 0 Å². The molecule has 0 saturated heterocycles. The van der Waals surface area contributed by atoms with E-state index in [-0.39, 0.29) is 0 Å². The molecular formula is C10H8N2S2. The van der Waals surface area contributed by atoms with Crippen molar-refractivity contribution in [3.8, 4) is 0 Å². The second-order valence-electron chi connectivity index (χ2n) is 2.95. The Hall–Kier alpha value is -1.13. The molecule has 0 radical (unpaired) electrons. The van der Waals surface area contributed by atoms with E-state index in [1.807, 2.05) is 30.3 Å². The van der Waals surface area contributed by atoms with E-state index in [4.69, 9.17) is 24.4 Å². The van der Waals surface area contributed by atoms with Crippen molar-refractivity contribution in [2.24, 2.45) is 4.99 Å². The van der Waals surface area contributed by atoms with E-state index in [0.717, 1.165) is 16.3 Å². The molecular weight excluding hydrogens is 212 g/mol. The van der Waals surface area contributed by atoms with Gasteiger partial charge in [0.05, 0.1) is 10.7 Å². The SMILES string of the molecule is S=C1CC(c2ccccc2)=NC(=S)N1. The standard InChI is InChI=1S/C10H8N2S2/c13-9-6-8(11-10(14)12-9)7-4-2-1-3-5-7/h1-5H,6H2,(H,12,13,14). The number of nitrogens with zero attached hydrogens (tertiary/aromatic N) is 1. The molecule has 0 unspecified atom stereocenters. The van der Waals surface area contributed by atoms with Crippen molar-refractivity contribution < 1.29 is 0 Å². The maximum Gasteiger partial charge on any atom is 0.197 e. The summed E-state index contributed by atoms with van der Waals surface area (Å²) in [5.41, 5.74) is 2.03. The van der Waals surface area contributed by atoms with Gasteiger partial charge in [0, 0.05) is 6.42 Å². The monoisotopic (exact) mass is 220 g/mol. The lowest BCUT2D eigenvalue weighted by atomic mass is 10.1. The first kappa shape index (κ1) is 9.43. The molecule has 1 aliphatic heterocycles. The highest BCUT2D eigenvalue weighted by Crippen LogP contribution is 2.08. The normalized spacial score (nSPS) is 16.1. The summed E-state index contributed by atoms with van der Waals surface area (Å²) in [5, 5.41) is 3.31. The summed E-state index contributed by atoms with van der Waals surface area (Å²) in [6.45, 7) is 0. The number of nitrogens with one attached hydrogen (secondary N) is 1. The van der Waals surface area contributed by atoms with E-state index in [2.05, 4.69) is 10.3 Å². The molecule has 14 heavy (non-hydrogen) atoms. The third-order valence-electron chi connectivity index (χ3n) is 1.92. The minimum absolute atomic E-state index is 0.458. The molecule has 1 heterocycles. The lowest BCUT2D eigenvalue weighted by Crippen LogP contribution is -2.33. The average Bonchev–Trinajstić information content (AvgIpc) is 2.18. The molecule has 1 aliphatic rings. The molecule has 2 rings (SSSR count). The van der Waals surface area contributed by atoms with Gasteiger partial charge in [-0.25, -0.2) is 4.99 Å². The largest absolute Gasteiger partial charge is 0.325 e. The third-order valence-corrected chi connectivity index (χ3v) is 2.36. The summed E-state index contributed by atoms with van der Waals surface area (Å²) < 4.78 is 0. The van der Waals surface area contributed by atoms with E-state index < -0.39 is 0 Å². The van der Waals surface area contributed by atoms with Crippen molar-refractivity contribution in [3.63, 3.8) is 0 Å². The van der Waals surface area contributed by atoms with E-state index >= 15 is 0 Å². The minimum atomic E-state index is 0.458. The van der Waals surface area contributed by atoms with Crippen LogP contribution < -0.4 is 5.32 Å². The molecule has 0 fully saturated rings. The van der Waals surface area contributed by atoms with Crippen LogP contribution in [-0.2, 0) is 0 Å². The summed E-state index contributed by atoms with van der Waals surface area (Å²) in [6, 6.07) is 9.95. The molecule has 1 aromatic carbocycles. The first-order valence-corrected chi connectivity index (χ1v) is 5.04. The zero-order valence-electron chi connectivity index (χ0n) is 7.36. The Morgan fingerprint density at radius 1 is 1.14 bits per heavy atom. The Labute approximate surface area is 93.0 Å². The minimum Gasteiger partial charge on any atom is -0.325 e. The highest BCUT2D eigenvalue weighted by atomic mass is 32.1. The maximum atomic E-state index is 5.08. The Morgan fingerprint density at radius 2 is 1.86 bits per heavy atom. The van der Waals surface area contributed by atoms with Crippen molar-refractivity contribution in [1.29, 1.82) is 0 Å². The first-order chi connectivity index (χ1) is 6.75. The van der Waals surface area contributed by atoms with E-state index in [9.17, 15) is 0 Å². The van der Waals surface area contributed by atoms with Gasteiger partial charge in [-0.3, -0.25) is 0 Å². The molecule has 70 valence electrons. The van der Waals surface area contributed by atoms with Crippen molar-refractivity contribution in [1.82, 2.24) is 5.32 Å². The van der Waals surface area contributed by atoms with Crippen LogP contribution >= 0.6 is 24.4 Å². The fraction of sp³-hybridized carbons (Fsp3) is 0.100. The zero-order chi connectivity index (χ0) is 9.97. The third kappa shape index (κ3) is 2.02. The number of aliphatic imine (C=N–C) groups is 1. The second kappa shape index (κ2) is 3.94. The zero-order valence-corrected chi connectivity index (χ0v) is 8.99. The lowest BCUT2D eigenvalue weighted by molar-refractivity contribution is 1.28. The van der Waals surface area contributed by atoms with Crippen molar-refractivity contribution in [3.05, 3.63) is 35.9 Å². The van der Waals surface area contributed by atoms with Crippen LogP contribution in [0.5, 0.6) is 0 Å². The first-order valence-electron chi connectivity index (χ1n) is 4.22. The highest BCUT2D eigenvalue weighted by Gasteiger charge is 2.13. The molecule has 0 atom stereocenters. The smallest absolute Gasteiger partial charge is 0.197 e. The molecule has 4 heteroatoms. The summed E-state index contributed by atoms with van der Waals surface area (Å²) in [5.74, 6) is 0. The second-order valence-corrected chi connectivity index (χ2v) is 3.83. The van der Waals surface area contributed by atoms with Crippen LogP contribution in [0.1, 0.15) is 12.0 Å². The van der Waals surface area contributed by atoms with Crippen LogP contribution in [-0.4, -0.2) is 15.8 Å². The number of rotatable bonds is 1. The summed E-state index contributed by atoms with van der Waals surface area (Å²) in [4.78, 5) is 4.99. The summed E-state index contributed by atoms with van der Waals surface area (Å²) in [6.07, 6.45) is 0.666. The van der Waals surface area contributed by atoms with Crippen molar-refractivity contribution in [2.45, 2.75) is 6.42 Å². The molecule has 0 spiro atoms. The number of hydrogen-bond donors (Lipinski definition) is 1. The van der Waals surface area contributed by atoms with Gasteiger partial charge in [-0.1, -0.05) is 42.5 Å². The Morgan fingerprint density at radius 3 is 2.50 bits per heavy atom. The van der Waals surface area contributed by atoms with Gasteiger partial charge in [-0.2, -0.15) is 0 Å². The molecule has 1 aromatic rings. The average molecular weight is 220 g/mol. The topological polar surface area (TPSA) is 24.4 Å². The summed E-state index contributed by atoms with van der Waals surface area (Å²) in [7, 11) is 0. The van der Waals surface area contributed by atoms with Gasteiger partial charge >= 0.3 is 0 Å². The highest BCUT2D eigenvalue weighted by molar-refractivity contribution is 7.82. The van der Waals surface area contributed by atoms with Crippen LogP contribution in [0.15, 0.2) is 35.3 Å². The van der Waals surface area contributed by atoms with Gasteiger partial charge in [0.2, 0.25) is 0 Å². The molecule has 0 aromatic heterocycles. The number of hydrogen-bond acceptors (Lipinski definition) is 2. The fourth-order valence-corrected chi connectivity index (χ4v) is 1.83. The van der Waals surface area contributed by atoms with Crippen LogP contribution in [0, 0.1) is 0 Å². The van der Waals surface area contributed by atoms with Gasteiger partial charge in [0.15, 0.2) is 5.11 Å². The molecule has 1 N–H and O–H groups in total. The van der Waals surface area contributed by atoms with Gasteiger partial charge in [0.25, 0.3) is 0 Å². The fourth-order valence-electron chi connectivity index (χ4n) is 1.30. The van der Waals surface area contributed by atoms with Crippen LogP contribution in [0.4, 0.5) is 0 Å². The van der Waals surface area contributed by atoms with Crippen LogP contribution in [0.3, 0.4) is 0 Å². The van der Waals surface area contributed by atoms with Gasteiger partial charge in [0.1, 0.15) is 0 Å². The lowest BCUT2D eigenvalue weighted by Gasteiger charge is -2.15.